The molecule has 0 amide bonds. The van der Waals surface area contributed by atoms with E-state index in [-0.39, 0.29) is 5.56 Å². The number of hydrogen-bond acceptors (Lipinski definition) is 1. The first-order chi connectivity index (χ1) is 14.6. The Hall–Kier alpha value is -3.29. The van der Waals surface area contributed by atoms with Crippen molar-refractivity contribution in [2.45, 2.75) is 6.16 Å². The third-order valence-electron chi connectivity index (χ3n) is 5.56. The summed E-state index contributed by atoms with van der Waals surface area (Å²) in [7, 11) is -2.63. The van der Waals surface area contributed by atoms with Crippen molar-refractivity contribution < 1.29 is 14.3 Å². The van der Waals surface area contributed by atoms with Crippen LogP contribution in [0.25, 0.3) is 0 Å². The molecule has 0 spiro atoms. The van der Waals surface area contributed by atoms with Gasteiger partial charge in [-0.15, -0.1) is 0 Å². The summed E-state index contributed by atoms with van der Waals surface area (Å²) < 4.78 is 15.0. The van der Waals surface area contributed by atoms with Crippen molar-refractivity contribution in [2.24, 2.45) is 0 Å². The van der Waals surface area contributed by atoms with E-state index in [9.17, 15) is 9.90 Å². The minimum absolute atomic E-state index is 0.0392. The maximum absolute atomic E-state index is 15.0. The fourth-order valence-electron chi connectivity index (χ4n) is 4.08. The predicted octanol–water partition coefficient (Wildman–Crippen LogP) is 4.75. The van der Waals surface area contributed by atoms with Gasteiger partial charge in [0.15, 0.2) is 0 Å². The molecule has 0 aliphatic rings. The first-order valence-corrected chi connectivity index (χ1v) is 12.0. The summed E-state index contributed by atoms with van der Waals surface area (Å²) in [4.78, 5) is 11.3. The molecule has 1 N–H and O–H groups in total. The van der Waals surface area contributed by atoms with Crippen LogP contribution in [0.15, 0.2) is 109 Å². The van der Waals surface area contributed by atoms with Gasteiger partial charge in [-0.25, -0.2) is 0 Å². The van der Waals surface area contributed by atoms with E-state index in [1.165, 1.54) is 22.0 Å². The average molecular weight is 416 g/mol. The van der Waals surface area contributed by atoms with Crippen LogP contribution >= 0.6 is 7.26 Å². The van der Waals surface area contributed by atoms with Gasteiger partial charge >= 0.3 is 176 Å². The van der Waals surface area contributed by atoms with E-state index in [0.29, 0.717) is 11.7 Å². The number of carboxylic acids is 1. The Morgan fingerprint density at radius 1 is 0.700 bits per heavy atom. The maximum atomic E-state index is 15.0. The van der Waals surface area contributed by atoms with Gasteiger partial charge in [-0.1, -0.05) is 0 Å². The summed E-state index contributed by atoms with van der Waals surface area (Å²) >= 11 is 0. The van der Waals surface area contributed by atoms with Crippen LogP contribution in [0, 0.1) is 5.82 Å². The van der Waals surface area contributed by atoms with Crippen LogP contribution in [0.3, 0.4) is 0 Å². The van der Waals surface area contributed by atoms with Gasteiger partial charge < -0.3 is 0 Å². The van der Waals surface area contributed by atoms with Crippen molar-refractivity contribution >= 4 is 29.1 Å². The van der Waals surface area contributed by atoms with E-state index in [1.807, 2.05) is 54.6 Å². The molecule has 0 saturated carbocycles. The number of benzene rings is 4. The van der Waals surface area contributed by atoms with Gasteiger partial charge in [0.05, 0.1) is 0 Å². The Morgan fingerprint density at radius 3 is 1.50 bits per heavy atom. The fourth-order valence-corrected chi connectivity index (χ4v) is 8.84. The Kier molecular flexibility index (Phi) is 5.74. The molecule has 150 valence electrons. The molecule has 0 aromatic heterocycles. The standard InChI is InChI=1S/C26H22FO2P/c27-25-18-20(26(28)29)16-17-21(25)19-30(22-10-4-1-5-11-22,23-12-6-2-7-13-23)24-14-8-3-9-15-24/h1-18,30H,19H2,(H,28,29). The predicted molar refractivity (Wildman–Crippen MR) is 124 cm³/mol. The first-order valence-electron chi connectivity index (χ1n) is 9.79. The Balaban J connectivity index is 1.97. The van der Waals surface area contributed by atoms with Gasteiger partial charge in [-0.3, -0.25) is 0 Å². The van der Waals surface area contributed by atoms with E-state index >= 15 is 4.39 Å². The molecule has 0 saturated heterocycles. The molecular weight excluding hydrogens is 394 g/mol. The molecule has 0 fully saturated rings. The molecule has 0 unspecified atom stereocenters. The zero-order valence-corrected chi connectivity index (χ0v) is 17.3. The van der Waals surface area contributed by atoms with Crippen LogP contribution in [-0.2, 0) is 6.16 Å². The molecule has 0 atom stereocenters. The molecule has 4 aromatic carbocycles. The van der Waals surface area contributed by atoms with Gasteiger partial charge in [0, 0.05) is 0 Å². The van der Waals surface area contributed by atoms with Crippen molar-refractivity contribution in [3.05, 3.63) is 126 Å². The van der Waals surface area contributed by atoms with Gasteiger partial charge in [-0.05, 0) is 0 Å². The summed E-state index contributed by atoms with van der Waals surface area (Å²) in [5, 5.41) is 12.8. The Labute approximate surface area is 176 Å². The molecule has 4 rings (SSSR count). The van der Waals surface area contributed by atoms with Crippen LogP contribution in [0.4, 0.5) is 4.39 Å². The summed E-state index contributed by atoms with van der Waals surface area (Å²) in [5.41, 5.74) is 0.492. The number of rotatable bonds is 6. The average Bonchev–Trinajstić information content (AvgIpc) is 2.80. The third-order valence-corrected chi connectivity index (χ3v) is 10.4. The molecule has 0 aliphatic heterocycles. The zero-order valence-electron chi connectivity index (χ0n) is 16.3. The normalized spacial score (nSPS) is 11.8. The number of aromatic carboxylic acids is 1. The molecule has 2 nitrogen and oxygen atoms in total. The summed E-state index contributed by atoms with van der Waals surface area (Å²) in [5.74, 6) is -1.60. The van der Waals surface area contributed by atoms with Crippen LogP contribution in [0.2, 0.25) is 0 Å². The molecule has 4 heteroatoms. The van der Waals surface area contributed by atoms with E-state index in [0.717, 1.165) is 6.07 Å². The molecule has 0 bridgehead atoms. The third kappa shape index (κ3) is 3.77. The quantitative estimate of drug-likeness (QED) is 0.461. The molecule has 30 heavy (non-hydrogen) atoms. The number of hydrogen-bond donors (Lipinski definition) is 1. The van der Waals surface area contributed by atoms with Gasteiger partial charge in [-0.2, -0.15) is 0 Å². The van der Waals surface area contributed by atoms with Crippen LogP contribution in [0.5, 0.6) is 0 Å². The van der Waals surface area contributed by atoms with Crippen molar-refractivity contribution in [3.8, 4) is 0 Å². The molecule has 4 aromatic rings. The van der Waals surface area contributed by atoms with Crippen molar-refractivity contribution in [1.82, 2.24) is 0 Å². The molecule has 0 aliphatic carbocycles. The summed E-state index contributed by atoms with van der Waals surface area (Å²) in [6.07, 6.45) is 0.497. The Morgan fingerprint density at radius 2 is 1.13 bits per heavy atom. The van der Waals surface area contributed by atoms with Crippen molar-refractivity contribution in [3.63, 3.8) is 0 Å². The second kappa shape index (κ2) is 8.61. The summed E-state index contributed by atoms with van der Waals surface area (Å²) in [6, 6.07) is 35.0. The molecule has 0 radical (unpaired) electrons. The number of carboxylic acid groups (broad SMARTS) is 1. The second-order valence-corrected chi connectivity index (χ2v) is 11.2. The molecule has 0 heterocycles. The van der Waals surface area contributed by atoms with Crippen molar-refractivity contribution in [1.29, 1.82) is 0 Å². The fraction of sp³-hybridized carbons (Fsp3) is 0.0385. The van der Waals surface area contributed by atoms with Crippen LogP contribution in [0.1, 0.15) is 15.9 Å². The summed E-state index contributed by atoms with van der Waals surface area (Å²) in [6.45, 7) is 0. The van der Waals surface area contributed by atoms with Gasteiger partial charge in [0.1, 0.15) is 0 Å². The zero-order chi connectivity index (χ0) is 21.0. The van der Waals surface area contributed by atoms with E-state index in [2.05, 4.69) is 36.4 Å². The van der Waals surface area contributed by atoms with Gasteiger partial charge in [0.25, 0.3) is 0 Å². The second-order valence-electron chi connectivity index (χ2n) is 7.29. The first kappa shape index (κ1) is 20.0. The molecular formula is C26H22FO2P. The SMILES string of the molecule is O=C(O)c1ccc(C[PH](c2ccccc2)(c2ccccc2)c2ccccc2)c(F)c1. The number of carbonyl (C=O) groups is 1. The van der Waals surface area contributed by atoms with Crippen molar-refractivity contribution in [2.75, 3.05) is 0 Å². The van der Waals surface area contributed by atoms with Gasteiger partial charge in [0.2, 0.25) is 0 Å². The van der Waals surface area contributed by atoms with E-state index in [1.54, 1.807) is 6.07 Å². The van der Waals surface area contributed by atoms with E-state index < -0.39 is 19.0 Å². The topological polar surface area (TPSA) is 37.3 Å². The number of halogens is 1. The van der Waals surface area contributed by atoms with Crippen LogP contribution < -0.4 is 15.9 Å². The Bertz CT molecular complexity index is 1050. The van der Waals surface area contributed by atoms with E-state index in [4.69, 9.17) is 0 Å². The minimum atomic E-state index is -2.63. The monoisotopic (exact) mass is 416 g/mol. The van der Waals surface area contributed by atoms with Crippen LogP contribution in [-0.4, -0.2) is 11.1 Å².